The number of methoxy groups -OCH3 is 1. The monoisotopic (exact) mass is 451 g/mol. The second-order valence-electron chi connectivity index (χ2n) is 6.11. The number of piperidine rings is 1. The van der Waals surface area contributed by atoms with Gasteiger partial charge in [0.05, 0.1) is 18.8 Å². The Bertz CT molecular complexity index is 493. The zero-order valence-corrected chi connectivity index (χ0v) is 17.2. The SMILES string of the molecule is COCCNC(N)=NCC1CCN(Cc2nc(C)c(C)o2)CC1.I. The van der Waals surface area contributed by atoms with Gasteiger partial charge >= 0.3 is 0 Å². The molecule has 1 aliphatic rings. The average molecular weight is 451 g/mol. The van der Waals surface area contributed by atoms with Crippen LogP contribution in [0.3, 0.4) is 0 Å². The van der Waals surface area contributed by atoms with E-state index in [-0.39, 0.29) is 24.0 Å². The highest BCUT2D eigenvalue weighted by Gasteiger charge is 2.20. The van der Waals surface area contributed by atoms with Gasteiger partial charge in [0, 0.05) is 20.2 Å². The van der Waals surface area contributed by atoms with Gasteiger partial charge in [-0.1, -0.05) is 0 Å². The molecule has 2 heterocycles. The second-order valence-corrected chi connectivity index (χ2v) is 6.11. The van der Waals surface area contributed by atoms with Crippen LogP contribution in [-0.4, -0.2) is 55.7 Å². The Kier molecular flexibility index (Phi) is 9.60. The van der Waals surface area contributed by atoms with Crippen molar-refractivity contribution in [1.82, 2.24) is 15.2 Å². The van der Waals surface area contributed by atoms with Crippen molar-refractivity contribution in [2.75, 3.05) is 39.9 Å². The number of aryl methyl sites for hydroxylation is 2. The molecular formula is C16H30IN5O2. The molecule has 0 aromatic carbocycles. The quantitative estimate of drug-likeness (QED) is 0.284. The van der Waals surface area contributed by atoms with E-state index in [1.165, 1.54) is 0 Å². The van der Waals surface area contributed by atoms with E-state index in [0.29, 0.717) is 25.0 Å². The van der Waals surface area contributed by atoms with Gasteiger partial charge in [-0.15, -0.1) is 24.0 Å². The summed E-state index contributed by atoms with van der Waals surface area (Å²) in [4.78, 5) is 11.3. The van der Waals surface area contributed by atoms with Gasteiger partial charge in [-0.2, -0.15) is 0 Å². The van der Waals surface area contributed by atoms with E-state index < -0.39 is 0 Å². The van der Waals surface area contributed by atoms with Crippen molar-refractivity contribution >= 4 is 29.9 Å². The van der Waals surface area contributed by atoms with Crippen LogP contribution in [0, 0.1) is 19.8 Å². The van der Waals surface area contributed by atoms with Crippen molar-refractivity contribution in [3.8, 4) is 0 Å². The summed E-state index contributed by atoms with van der Waals surface area (Å²) in [6, 6.07) is 0. The maximum Gasteiger partial charge on any atom is 0.208 e. The summed E-state index contributed by atoms with van der Waals surface area (Å²) in [6.45, 7) is 8.96. The summed E-state index contributed by atoms with van der Waals surface area (Å²) in [6.07, 6.45) is 2.26. The number of aliphatic imine (C=N–C) groups is 1. The van der Waals surface area contributed by atoms with Gasteiger partial charge in [-0.05, 0) is 45.7 Å². The van der Waals surface area contributed by atoms with E-state index in [9.17, 15) is 0 Å². The fourth-order valence-electron chi connectivity index (χ4n) is 2.69. The predicted octanol–water partition coefficient (Wildman–Crippen LogP) is 1.67. The minimum Gasteiger partial charge on any atom is -0.444 e. The van der Waals surface area contributed by atoms with E-state index in [0.717, 1.165) is 56.4 Å². The molecule has 7 nitrogen and oxygen atoms in total. The van der Waals surface area contributed by atoms with Crippen molar-refractivity contribution in [2.24, 2.45) is 16.6 Å². The molecule has 0 unspecified atom stereocenters. The van der Waals surface area contributed by atoms with Crippen molar-refractivity contribution < 1.29 is 9.15 Å². The second kappa shape index (κ2) is 10.9. The topological polar surface area (TPSA) is 88.9 Å². The number of halogens is 1. The van der Waals surface area contributed by atoms with Crippen LogP contribution in [0.5, 0.6) is 0 Å². The highest BCUT2D eigenvalue weighted by atomic mass is 127. The molecule has 0 bridgehead atoms. The molecule has 0 saturated carbocycles. The molecule has 1 aromatic rings. The highest BCUT2D eigenvalue weighted by molar-refractivity contribution is 14.0. The Hall–Kier alpha value is -0.870. The molecule has 138 valence electrons. The van der Waals surface area contributed by atoms with Gasteiger partial charge in [0.25, 0.3) is 0 Å². The molecule has 1 aromatic heterocycles. The van der Waals surface area contributed by atoms with Gasteiger partial charge in [-0.3, -0.25) is 9.89 Å². The van der Waals surface area contributed by atoms with Crippen LogP contribution in [0.15, 0.2) is 9.41 Å². The third kappa shape index (κ3) is 6.94. The molecule has 0 atom stereocenters. The number of hydrogen-bond donors (Lipinski definition) is 2. The summed E-state index contributed by atoms with van der Waals surface area (Å²) in [7, 11) is 1.67. The first kappa shape index (κ1) is 21.2. The van der Waals surface area contributed by atoms with E-state index in [2.05, 4.69) is 20.2 Å². The van der Waals surface area contributed by atoms with Crippen molar-refractivity contribution in [1.29, 1.82) is 0 Å². The van der Waals surface area contributed by atoms with Crippen molar-refractivity contribution in [3.05, 3.63) is 17.3 Å². The van der Waals surface area contributed by atoms with E-state index in [1.54, 1.807) is 7.11 Å². The fourth-order valence-corrected chi connectivity index (χ4v) is 2.69. The van der Waals surface area contributed by atoms with Crippen LogP contribution >= 0.6 is 24.0 Å². The first-order valence-electron chi connectivity index (χ1n) is 8.26. The Balaban J connectivity index is 0.00000288. The van der Waals surface area contributed by atoms with E-state index >= 15 is 0 Å². The van der Waals surface area contributed by atoms with Gasteiger partial charge in [0.1, 0.15) is 5.76 Å². The van der Waals surface area contributed by atoms with Crippen molar-refractivity contribution in [2.45, 2.75) is 33.2 Å². The normalized spacial score (nSPS) is 16.9. The molecule has 1 aliphatic heterocycles. The zero-order valence-electron chi connectivity index (χ0n) is 14.9. The van der Waals surface area contributed by atoms with Crippen molar-refractivity contribution in [3.63, 3.8) is 0 Å². The number of aromatic nitrogens is 1. The number of hydrogen-bond acceptors (Lipinski definition) is 5. The molecule has 2 rings (SSSR count). The predicted molar refractivity (Wildman–Crippen MR) is 106 cm³/mol. The molecule has 24 heavy (non-hydrogen) atoms. The lowest BCUT2D eigenvalue weighted by Crippen LogP contribution is -2.36. The van der Waals surface area contributed by atoms with Crippen LogP contribution in [0.1, 0.15) is 30.2 Å². The molecule has 8 heteroatoms. The van der Waals surface area contributed by atoms with Gasteiger partial charge in [0.2, 0.25) is 5.89 Å². The molecular weight excluding hydrogens is 421 g/mol. The van der Waals surface area contributed by atoms with Gasteiger partial charge in [-0.25, -0.2) is 4.98 Å². The number of guanidine groups is 1. The van der Waals surface area contributed by atoms with Crippen LogP contribution in [0.4, 0.5) is 0 Å². The molecule has 1 saturated heterocycles. The molecule has 1 fully saturated rings. The summed E-state index contributed by atoms with van der Waals surface area (Å²) in [5, 5.41) is 3.04. The maximum atomic E-state index is 5.83. The third-order valence-electron chi connectivity index (χ3n) is 4.27. The first-order valence-corrected chi connectivity index (χ1v) is 8.26. The maximum absolute atomic E-state index is 5.83. The van der Waals surface area contributed by atoms with Crippen LogP contribution in [0.25, 0.3) is 0 Å². The number of nitrogens with one attached hydrogen (secondary N) is 1. The minimum atomic E-state index is 0. The first-order chi connectivity index (χ1) is 11.1. The van der Waals surface area contributed by atoms with Crippen LogP contribution in [-0.2, 0) is 11.3 Å². The van der Waals surface area contributed by atoms with E-state index in [4.69, 9.17) is 14.9 Å². The Morgan fingerprint density at radius 3 is 2.71 bits per heavy atom. The number of rotatable bonds is 7. The Morgan fingerprint density at radius 2 is 2.12 bits per heavy atom. The number of likely N-dealkylation sites (tertiary alicyclic amines) is 1. The van der Waals surface area contributed by atoms with Crippen LogP contribution < -0.4 is 11.1 Å². The standard InChI is InChI=1S/C16H29N5O2.HI/c1-12-13(2)23-15(20-12)11-21-7-4-14(5-8-21)10-19-16(17)18-6-9-22-3;/h14H,4-11H2,1-3H3,(H3,17,18,19);1H. The lowest BCUT2D eigenvalue weighted by Gasteiger charge is -2.30. The molecule has 0 spiro atoms. The van der Waals surface area contributed by atoms with Crippen LogP contribution in [0.2, 0.25) is 0 Å². The summed E-state index contributed by atoms with van der Waals surface area (Å²) >= 11 is 0. The summed E-state index contributed by atoms with van der Waals surface area (Å²) < 4.78 is 10.6. The fraction of sp³-hybridized carbons (Fsp3) is 0.750. The van der Waals surface area contributed by atoms with Gasteiger partial charge in [0.15, 0.2) is 5.96 Å². The smallest absolute Gasteiger partial charge is 0.208 e. The van der Waals surface area contributed by atoms with E-state index in [1.807, 2.05) is 13.8 Å². The highest BCUT2D eigenvalue weighted by Crippen LogP contribution is 2.19. The van der Waals surface area contributed by atoms with Gasteiger partial charge < -0.3 is 20.2 Å². The summed E-state index contributed by atoms with van der Waals surface area (Å²) in [5.74, 6) is 2.85. The lowest BCUT2D eigenvalue weighted by atomic mass is 9.97. The zero-order chi connectivity index (χ0) is 16.7. The third-order valence-corrected chi connectivity index (χ3v) is 4.27. The number of nitrogens with two attached hydrogens (primary N) is 1. The largest absolute Gasteiger partial charge is 0.444 e. The molecule has 0 amide bonds. The summed E-state index contributed by atoms with van der Waals surface area (Å²) in [5.41, 5.74) is 6.82. The molecule has 3 N–H and O–H groups in total. The average Bonchev–Trinajstić information content (AvgIpc) is 2.85. The minimum absolute atomic E-state index is 0. The number of nitrogens with zero attached hydrogens (tertiary/aromatic N) is 3. The lowest BCUT2D eigenvalue weighted by molar-refractivity contribution is 0.166. The Morgan fingerprint density at radius 1 is 1.42 bits per heavy atom. The molecule has 0 radical (unpaired) electrons. The number of ether oxygens (including phenoxy) is 1. The Labute approximate surface area is 161 Å². The molecule has 0 aliphatic carbocycles. The number of oxazole rings is 1.